The topological polar surface area (TPSA) is 81.5 Å². The van der Waals surface area contributed by atoms with Crippen molar-refractivity contribution >= 4 is 29.3 Å². The van der Waals surface area contributed by atoms with Crippen LogP contribution in [0.2, 0.25) is 0 Å². The largest absolute Gasteiger partial charge is 0.461 e. The van der Waals surface area contributed by atoms with Crippen LogP contribution < -0.4 is 6.15 Å². The maximum absolute atomic E-state index is 12.3. The molecule has 0 saturated carbocycles. The predicted molar refractivity (Wildman–Crippen MR) is 98.6 cm³/mol. The van der Waals surface area contributed by atoms with Gasteiger partial charge >= 0.3 is 5.97 Å². The number of aliphatic hydroxyl groups excluding tert-OH is 1. The number of halogens is 1. The van der Waals surface area contributed by atoms with E-state index in [0.717, 1.165) is 10.5 Å². The molecular weight excluding hydrogens is 346 g/mol. The van der Waals surface area contributed by atoms with Gasteiger partial charge in [0, 0.05) is 16.5 Å². The molecule has 2 aromatic carbocycles. The lowest BCUT2D eigenvalue weighted by molar-refractivity contribution is -0.152. The molecular formula is C18H22ClNO3S. The molecule has 0 heterocycles. The van der Waals surface area contributed by atoms with Gasteiger partial charge in [0.2, 0.25) is 0 Å². The van der Waals surface area contributed by atoms with Crippen molar-refractivity contribution < 1.29 is 14.6 Å². The summed E-state index contributed by atoms with van der Waals surface area (Å²) >= 11 is 7.23. The second-order valence-corrected chi connectivity index (χ2v) is 6.45. The van der Waals surface area contributed by atoms with Crippen molar-refractivity contribution in [3.63, 3.8) is 0 Å². The highest BCUT2D eigenvalue weighted by molar-refractivity contribution is 7.99. The van der Waals surface area contributed by atoms with E-state index in [1.807, 2.05) is 60.7 Å². The third-order valence-corrected chi connectivity index (χ3v) is 4.77. The fraction of sp³-hybridized carbons (Fsp3) is 0.278. The molecule has 0 aliphatic carbocycles. The van der Waals surface area contributed by atoms with Crippen LogP contribution in [0.3, 0.4) is 0 Å². The van der Waals surface area contributed by atoms with Gasteiger partial charge in [-0.15, -0.1) is 23.4 Å². The van der Waals surface area contributed by atoms with Gasteiger partial charge in [0.25, 0.3) is 0 Å². The lowest BCUT2D eigenvalue weighted by Crippen LogP contribution is -2.33. The van der Waals surface area contributed by atoms with Crippen molar-refractivity contribution in [1.29, 1.82) is 0 Å². The molecule has 2 unspecified atom stereocenters. The first-order valence-corrected chi connectivity index (χ1v) is 8.85. The molecule has 0 amide bonds. The van der Waals surface area contributed by atoms with Crippen LogP contribution >= 0.6 is 23.4 Å². The van der Waals surface area contributed by atoms with Gasteiger partial charge in [0.15, 0.2) is 0 Å². The zero-order valence-electron chi connectivity index (χ0n) is 13.3. The molecule has 0 saturated heterocycles. The van der Waals surface area contributed by atoms with Crippen molar-refractivity contribution in [3.8, 4) is 0 Å². The molecule has 2 aromatic rings. The van der Waals surface area contributed by atoms with Crippen LogP contribution in [0.1, 0.15) is 5.56 Å². The molecule has 4 N–H and O–H groups in total. The van der Waals surface area contributed by atoms with Gasteiger partial charge in [-0.2, -0.15) is 0 Å². The molecule has 0 radical (unpaired) electrons. The van der Waals surface area contributed by atoms with Crippen LogP contribution in [0.4, 0.5) is 0 Å². The molecule has 2 rings (SSSR count). The van der Waals surface area contributed by atoms with Crippen LogP contribution in [0.25, 0.3) is 0 Å². The Bertz CT molecular complexity index is 598. The van der Waals surface area contributed by atoms with Gasteiger partial charge in [0.1, 0.15) is 6.61 Å². The van der Waals surface area contributed by atoms with Crippen molar-refractivity contribution in [3.05, 3.63) is 66.2 Å². The highest BCUT2D eigenvalue weighted by Crippen LogP contribution is 2.23. The van der Waals surface area contributed by atoms with Gasteiger partial charge in [-0.3, -0.25) is 4.79 Å². The smallest absolute Gasteiger partial charge is 0.312 e. The molecule has 0 aromatic heterocycles. The van der Waals surface area contributed by atoms with Crippen molar-refractivity contribution in [2.24, 2.45) is 5.92 Å². The Morgan fingerprint density at radius 1 is 1.08 bits per heavy atom. The Hall–Kier alpha value is -1.53. The van der Waals surface area contributed by atoms with Crippen LogP contribution in [0.5, 0.6) is 0 Å². The van der Waals surface area contributed by atoms with Gasteiger partial charge in [0.05, 0.1) is 12.0 Å². The summed E-state index contributed by atoms with van der Waals surface area (Å²) in [5.41, 5.74) is 0.913. The third kappa shape index (κ3) is 6.53. The van der Waals surface area contributed by atoms with E-state index in [2.05, 4.69) is 0 Å². The minimum Gasteiger partial charge on any atom is -0.461 e. The number of aliphatic hydroxyl groups is 1. The fourth-order valence-corrected chi connectivity index (χ4v) is 3.28. The Morgan fingerprint density at radius 3 is 2.25 bits per heavy atom. The van der Waals surface area contributed by atoms with E-state index in [1.54, 1.807) is 0 Å². The summed E-state index contributed by atoms with van der Waals surface area (Å²) in [6.45, 7) is 0.196. The third-order valence-electron chi connectivity index (χ3n) is 3.32. The standard InChI is InChI=1S/C18H19ClO3S.H3N/c19-11-17(20)16(13-23-15-9-5-2-6-10-15)18(21)22-12-14-7-3-1-4-8-14;/h1-10,16-17,20H,11-13H2;1H3. The summed E-state index contributed by atoms with van der Waals surface area (Å²) in [4.78, 5) is 13.3. The van der Waals surface area contributed by atoms with E-state index >= 15 is 0 Å². The number of carbonyl (C=O) groups is 1. The lowest BCUT2D eigenvalue weighted by atomic mass is 10.1. The maximum Gasteiger partial charge on any atom is 0.312 e. The monoisotopic (exact) mass is 367 g/mol. The molecule has 0 bridgehead atoms. The number of thioether (sulfide) groups is 1. The first-order chi connectivity index (χ1) is 11.2. The first-order valence-electron chi connectivity index (χ1n) is 7.33. The molecule has 6 heteroatoms. The Balaban J connectivity index is 0.00000288. The van der Waals surface area contributed by atoms with Crippen molar-refractivity contribution in [1.82, 2.24) is 6.15 Å². The Morgan fingerprint density at radius 2 is 1.67 bits per heavy atom. The van der Waals surface area contributed by atoms with Gasteiger partial charge < -0.3 is 16.0 Å². The summed E-state index contributed by atoms with van der Waals surface area (Å²) in [6.07, 6.45) is -0.920. The maximum atomic E-state index is 12.3. The molecule has 130 valence electrons. The van der Waals surface area contributed by atoms with E-state index in [0.29, 0.717) is 5.75 Å². The quantitative estimate of drug-likeness (QED) is 0.420. The molecule has 4 nitrogen and oxygen atoms in total. The fourth-order valence-electron chi connectivity index (χ4n) is 1.98. The normalized spacial score (nSPS) is 12.8. The number of esters is 1. The molecule has 2 atom stereocenters. The molecule has 0 spiro atoms. The average Bonchev–Trinajstić information content (AvgIpc) is 2.61. The summed E-state index contributed by atoms with van der Waals surface area (Å²) in [7, 11) is 0. The van der Waals surface area contributed by atoms with Crippen LogP contribution in [0, 0.1) is 5.92 Å². The summed E-state index contributed by atoms with van der Waals surface area (Å²) in [6, 6.07) is 19.2. The van der Waals surface area contributed by atoms with Crippen LogP contribution in [-0.2, 0) is 16.1 Å². The van der Waals surface area contributed by atoms with Gasteiger partial charge in [-0.1, -0.05) is 48.5 Å². The molecule has 24 heavy (non-hydrogen) atoms. The summed E-state index contributed by atoms with van der Waals surface area (Å²) < 4.78 is 5.33. The lowest BCUT2D eigenvalue weighted by Gasteiger charge is -2.19. The van der Waals surface area contributed by atoms with E-state index in [9.17, 15) is 9.90 Å². The summed E-state index contributed by atoms with van der Waals surface area (Å²) in [5.74, 6) is -0.654. The van der Waals surface area contributed by atoms with E-state index in [4.69, 9.17) is 16.3 Å². The Kier molecular flexibility index (Phi) is 9.49. The predicted octanol–water partition coefficient (Wildman–Crippen LogP) is 3.90. The van der Waals surface area contributed by atoms with E-state index < -0.39 is 18.0 Å². The number of hydrogen-bond donors (Lipinski definition) is 2. The Labute approximate surface area is 151 Å². The summed E-state index contributed by atoms with van der Waals surface area (Å²) in [5, 5.41) is 10.0. The number of rotatable bonds is 8. The van der Waals surface area contributed by atoms with Crippen LogP contribution in [-0.4, -0.2) is 28.8 Å². The average molecular weight is 368 g/mol. The second kappa shape index (κ2) is 11.1. The van der Waals surface area contributed by atoms with E-state index in [1.165, 1.54) is 11.8 Å². The minimum absolute atomic E-state index is 0. The highest BCUT2D eigenvalue weighted by Gasteiger charge is 2.28. The number of ether oxygens (including phenoxy) is 1. The van der Waals surface area contributed by atoms with Crippen LogP contribution in [0.15, 0.2) is 65.6 Å². The van der Waals surface area contributed by atoms with Gasteiger partial charge in [-0.05, 0) is 17.7 Å². The van der Waals surface area contributed by atoms with Crippen molar-refractivity contribution in [2.45, 2.75) is 17.6 Å². The number of alkyl halides is 1. The first kappa shape index (κ1) is 20.5. The number of carbonyl (C=O) groups excluding carboxylic acids is 1. The zero-order valence-corrected chi connectivity index (χ0v) is 14.9. The number of hydrogen-bond acceptors (Lipinski definition) is 5. The zero-order chi connectivity index (χ0) is 16.5. The molecule has 0 aliphatic rings. The molecule has 0 aliphatic heterocycles. The minimum atomic E-state index is -0.920. The highest BCUT2D eigenvalue weighted by atomic mass is 35.5. The second-order valence-electron chi connectivity index (χ2n) is 5.05. The molecule has 0 fully saturated rings. The SMILES string of the molecule is N.O=C(OCc1ccccc1)C(CSc1ccccc1)C(O)CCl. The van der Waals surface area contributed by atoms with E-state index in [-0.39, 0.29) is 18.6 Å². The number of benzene rings is 2. The van der Waals surface area contributed by atoms with Crippen molar-refractivity contribution in [2.75, 3.05) is 11.6 Å². The van der Waals surface area contributed by atoms with Gasteiger partial charge in [-0.25, -0.2) is 0 Å².